The highest BCUT2D eigenvalue weighted by molar-refractivity contribution is 6.34. The molecule has 1 unspecified atom stereocenters. The lowest BCUT2D eigenvalue weighted by atomic mass is 9.86. The number of benzene rings is 2. The fourth-order valence-corrected chi connectivity index (χ4v) is 6.81. The van der Waals surface area contributed by atoms with Crippen LogP contribution in [0.4, 0.5) is 4.79 Å². The maximum Gasteiger partial charge on any atom is 0.410 e. The van der Waals surface area contributed by atoms with Crippen LogP contribution >= 0.6 is 23.2 Å². The van der Waals surface area contributed by atoms with Gasteiger partial charge in [0, 0.05) is 70.4 Å². The summed E-state index contributed by atoms with van der Waals surface area (Å²) >= 11 is 12.9. The molecule has 1 aliphatic carbocycles. The molecule has 2 aromatic carbocycles. The molecule has 48 heavy (non-hydrogen) atoms. The molecule has 2 aromatic heterocycles. The maximum atomic E-state index is 14.4. The molecular weight excluding hydrogens is 655 g/mol. The van der Waals surface area contributed by atoms with Gasteiger partial charge in [0.1, 0.15) is 11.4 Å². The van der Waals surface area contributed by atoms with Gasteiger partial charge in [-0.1, -0.05) is 23.2 Å². The Morgan fingerprint density at radius 2 is 1.69 bits per heavy atom. The Morgan fingerprint density at radius 1 is 0.958 bits per heavy atom. The number of pyridine rings is 1. The number of carbonyl (C=O) groups is 3. The van der Waals surface area contributed by atoms with Gasteiger partial charge in [0.25, 0.3) is 5.91 Å². The second-order valence-corrected chi connectivity index (χ2v) is 13.9. The number of aryl methyl sites for hydroxylation is 1. The lowest BCUT2D eigenvalue weighted by Crippen LogP contribution is -2.56. The van der Waals surface area contributed by atoms with Crippen LogP contribution in [0.1, 0.15) is 59.7 Å². The number of nitrogens with two attached hydrogens (primary N) is 1. The summed E-state index contributed by atoms with van der Waals surface area (Å²) in [6, 6.07) is 10.4. The average Bonchev–Trinajstić information content (AvgIpc) is 3.43. The van der Waals surface area contributed by atoms with Crippen molar-refractivity contribution in [3.05, 3.63) is 81.2 Å². The molecular formula is C35H36Cl2N6O5. The van der Waals surface area contributed by atoms with E-state index in [0.717, 1.165) is 22.4 Å². The van der Waals surface area contributed by atoms with Crippen molar-refractivity contribution in [3.63, 3.8) is 0 Å². The fraction of sp³-hybridized carbons (Fsp3) is 0.343. The SMILES string of the molecule is COc1cc2c(cc1-c1cncc(C(N)=O)c1)-c1c(c(C(=O)N3CCN(C(=O)OC(C)(C)C)CC3C)nn1-c1cc(Cl)cc(Cl)c1)CC2. The number of nitrogens with zero attached hydrogens (tertiary/aromatic N) is 5. The highest BCUT2D eigenvalue weighted by Gasteiger charge is 2.37. The Morgan fingerprint density at radius 3 is 2.33 bits per heavy atom. The van der Waals surface area contributed by atoms with E-state index in [2.05, 4.69) is 4.98 Å². The minimum Gasteiger partial charge on any atom is -0.496 e. The zero-order chi connectivity index (χ0) is 34.5. The lowest BCUT2D eigenvalue weighted by Gasteiger charge is -2.40. The summed E-state index contributed by atoms with van der Waals surface area (Å²) in [6.45, 7) is 8.38. The van der Waals surface area contributed by atoms with Crippen LogP contribution < -0.4 is 10.5 Å². The summed E-state index contributed by atoms with van der Waals surface area (Å²) in [5.41, 5.74) is 10.8. The molecule has 11 nitrogen and oxygen atoms in total. The first kappa shape index (κ1) is 33.3. The number of piperazine rings is 1. The van der Waals surface area contributed by atoms with E-state index in [4.69, 9.17) is 43.5 Å². The maximum absolute atomic E-state index is 14.4. The monoisotopic (exact) mass is 690 g/mol. The van der Waals surface area contributed by atoms with Gasteiger partial charge in [-0.15, -0.1) is 0 Å². The van der Waals surface area contributed by atoms with Gasteiger partial charge in [-0.25, -0.2) is 9.48 Å². The van der Waals surface area contributed by atoms with Crippen molar-refractivity contribution in [2.45, 2.75) is 52.2 Å². The molecule has 0 spiro atoms. The number of primary amides is 1. The number of halogens is 2. The molecule has 0 radical (unpaired) electrons. The highest BCUT2D eigenvalue weighted by Crippen LogP contribution is 2.43. The van der Waals surface area contributed by atoms with Gasteiger partial charge in [0.05, 0.1) is 24.1 Å². The third kappa shape index (κ3) is 6.44. The van der Waals surface area contributed by atoms with Gasteiger partial charge in [0.15, 0.2) is 5.69 Å². The number of amides is 3. The van der Waals surface area contributed by atoms with Crippen molar-refractivity contribution in [1.29, 1.82) is 0 Å². The van der Waals surface area contributed by atoms with E-state index in [1.807, 2.05) is 39.8 Å². The molecule has 0 saturated carbocycles. The smallest absolute Gasteiger partial charge is 0.410 e. The van der Waals surface area contributed by atoms with Crippen LogP contribution in [-0.2, 0) is 17.6 Å². The Kier molecular flexibility index (Phi) is 8.86. The van der Waals surface area contributed by atoms with Crippen molar-refractivity contribution in [2.24, 2.45) is 5.73 Å². The van der Waals surface area contributed by atoms with Crippen LogP contribution in [0, 0.1) is 0 Å². The van der Waals surface area contributed by atoms with Crippen LogP contribution in [0.5, 0.6) is 5.75 Å². The summed E-state index contributed by atoms with van der Waals surface area (Å²) in [5.74, 6) is -0.223. The van der Waals surface area contributed by atoms with Gasteiger partial charge in [-0.3, -0.25) is 14.6 Å². The number of carbonyl (C=O) groups excluding carboxylic acids is 3. The normalized spacial score (nSPS) is 15.9. The van der Waals surface area contributed by atoms with Crippen molar-refractivity contribution in [3.8, 4) is 33.8 Å². The predicted octanol–water partition coefficient (Wildman–Crippen LogP) is 6.20. The van der Waals surface area contributed by atoms with Gasteiger partial charge in [-0.05, 0) is 82.5 Å². The van der Waals surface area contributed by atoms with Crippen LogP contribution in [0.25, 0.3) is 28.1 Å². The van der Waals surface area contributed by atoms with Crippen LogP contribution in [-0.4, -0.2) is 80.9 Å². The Balaban J connectivity index is 1.46. The highest BCUT2D eigenvalue weighted by atomic mass is 35.5. The summed E-state index contributed by atoms with van der Waals surface area (Å²) in [4.78, 5) is 46.7. The molecule has 1 fully saturated rings. The standard InChI is InChI=1S/C35H36Cl2N6O5/c1-19-18-41(34(46)48-35(2,3)4)8-9-42(19)33(45)30-26-7-6-20-11-29(47-5)27(21-10-22(32(38)44)17-39-16-21)15-28(20)31(26)43(40-30)25-13-23(36)12-24(37)14-25/h10-17,19H,6-9,18H2,1-5H3,(H2,38,44). The minimum absolute atomic E-state index is 0.231. The van der Waals surface area contributed by atoms with E-state index in [1.54, 1.807) is 52.1 Å². The van der Waals surface area contributed by atoms with E-state index in [0.29, 0.717) is 70.8 Å². The number of aromatic nitrogens is 3. The molecule has 13 heteroatoms. The molecule has 3 amide bonds. The average molecular weight is 692 g/mol. The van der Waals surface area contributed by atoms with Gasteiger partial charge in [-0.2, -0.15) is 5.10 Å². The van der Waals surface area contributed by atoms with E-state index in [-0.39, 0.29) is 17.5 Å². The Bertz CT molecular complexity index is 1930. The summed E-state index contributed by atoms with van der Waals surface area (Å²) < 4.78 is 13.1. The molecule has 3 heterocycles. The molecule has 2 aliphatic rings. The van der Waals surface area contributed by atoms with Crippen LogP contribution in [0.15, 0.2) is 48.8 Å². The number of ether oxygens (including phenoxy) is 2. The minimum atomic E-state index is -0.621. The zero-order valence-electron chi connectivity index (χ0n) is 27.3. The fourth-order valence-electron chi connectivity index (χ4n) is 6.30. The first-order chi connectivity index (χ1) is 22.7. The van der Waals surface area contributed by atoms with Crippen LogP contribution in [0.2, 0.25) is 10.0 Å². The van der Waals surface area contributed by atoms with Crippen molar-refractivity contribution >= 4 is 41.1 Å². The molecule has 4 aromatic rings. The largest absolute Gasteiger partial charge is 0.496 e. The molecule has 1 aliphatic heterocycles. The molecule has 2 N–H and O–H groups in total. The molecule has 1 atom stereocenters. The van der Waals surface area contributed by atoms with Gasteiger partial charge < -0.3 is 25.0 Å². The topological polar surface area (TPSA) is 133 Å². The van der Waals surface area contributed by atoms with E-state index in [1.165, 1.54) is 6.20 Å². The zero-order valence-corrected chi connectivity index (χ0v) is 28.9. The van der Waals surface area contributed by atoms with Crippen molar-refractivity contribution < 1.29 is 23.9 Å². The predicted molar refractivity (Wildman–Crippen MR) is 183 cm³/mol. The molecule has 1 saturated heterocycles. The molecule has 250 valence electrons. The number of fused-ring (bicyclic) bond motifs is 3. The summed E-state index contributed by atoms with van der Waals surface area (Å²) in [5, 5.41) is 5.77. The summed E-state index contributed by atoms with van der Waals surface area (Å²) in [6.07, 6.45) is 3.83. The number of hydrogen-bond acceptors (Lipinski definition) is 7. The third-order valence-corrected chi connectivity index (χ3v) is 8.91. The third-order valence-electron chi connectivity index (χ3n) is 8.48. The van der Waals surface area contributed by atoms with E-state index >= 15 is 0 Å². The van der Waals surface area contributed by atoms with E-state index in [9.17, 15) is 14.4 Å². The first-order valence-corrected chi connectivity index (χ1v) is 16.3. The Labute approximate surface area is 288 Å². The second-order valence-electron chi connectivity index (χ2n) is 13.0. The number of rotatable bonds is 5. The first-order valence-electron chi connectivity index (χ1n) is 15.6. The van der Waals surface area contributed by atoms with Gasteiger partial charge >= 0.3 is 6.09 Å². The lowest BCUT2D eigenvalue weighted by molar-refractivity contribution is 0.00602. The molecule has 0 bridgehead atoms. The van der Waals surface area contributed by atoms with Gasteiger partial charge in [0.2, 0.25) is 5.91 Å². The van der Waals surface area contributed by atoms with E-state index < -0.39 is 17.6 Å². The van der Waals surface area contributed by atoms with Crippen molar-refractivity contribution in [2.75, 3.05) is 26.7 Å². The molecule has 6 rings (SSSR count). The second kappa shape index (κ2) is 12.8. The number of hydrogen-bond donors (Lipinski definition) is 1. The van der Waals surface area contributed by atoms with Crippen molar-refractivity contribution in [1.82, 2.24) is 24.6 Å². The Hall–Kier alpha value is -4.61. The summed E-state index contributed by atoms with van der Waals surface area (Å²) in [7, 11) is 1.59. The number of methoxy groups -OCH3 is 1. The quantitative estimate of drug-likeness (QED) is 0.264. The van der Waals surface area contributed by atoms with Crippen LogP contribution in [0.3, 0.4) is 0 Å².